The lowest BCUT2D eigenvalue weighted by atomic mass is 10.0. The molecule has 2 aromatic heterocycles. The zero-order valence-corrected chi connectivity index (χ0v) is 15.5. The number of carbonyl (C=O) groups is 1. The summed E-state index contributed by atoms with van der Waals surface area (Å²) in [4.78, 5) is 19.0. The lowest BCUT2D eigenvalue weighted by Gasteiger charge is -2.14. The normalized spacial score (nSPS) is 19.6. The molecule has 4 rings (SSSR count). The number of allylic oxidation sites excluding steroid dienone is 3. The van der Waals surface area contributed by atoms with Gasteiger partial charge in [-0.1, -0.05) is 6.07 Å². The van der Waals surface area contributed by atoms with Gasteiger partial charge < -0.3 is 16.0 Å². The Morgan fingerprint density at radius 3 is 2.89 bits per heavy atom. The molecule has 1 fully saturated rings. The quantitative estimate of drug-likeness (QED) is 0.795. The van der Waals surface area contributed by atoms with Gasteiger partial charge in [-0.05, 0) is 56.6 Å². The molecular weight excluding hydrogens is 340 g/mol. The van der Waals surface area contributed by atoms with Gasteiger partial charge in [0.25, 0.3) is 0 Å². The highest BCUT2D eigenvalue weighted by atomic mass is 16.1. The van der Waals surface area contributed by atoms with Crippen molar-refractivity contribution in [3.63, 3.8) is 0 Å². The van der Waals surface area contributed by atoms with E-state index in [1.165, 1.54) is 32.0 Å². The summed E-state index contributed by atoms with van der Waals surface area (Å²) < 4.78 is 1.81. The Labute approximate surface area is 158 Å². The van der Waals surface area contributed by atoms with Crippen molar-refractivity contribution in [1.29, 1.82) is 0 Å². The summed E-state index contributed by atoms with van der Waals surface area (Å²) in [6.07, 6.45) is 7.63. The molecule has 0 radical (unpaired) electrons. The van der Waals surface area contributed by atoms with E-state index in [9.17, 15) is 4.79 Å². The maximum Gasteiger partial charge on any atom is 0.183 e. The second kappa shape index (κ2) is 7.36. The molecule has 0 aromatic carbocycles. The molecule has 140 valence electrons. The molecule has 0 atom stereocenters. The largest absolute Gasteiger partial charge is 0.397 e. The number of pyridine rings is 1. The van der Waals surface area contributed by atoms with E-state index in [4.69, 9.17) is 10.7 Å². The third kappa shape index (κ3) is 3.64. The Balaban J connectivity index is 1.65. The molecule has 2 aromatic rings. The van der Waals surface area contributed by atoms with Crippen LogP contribution in [0.25, 0.3) is 5.52 Å². The van der Waals surface area contributed by atoms with Crippen LogP contribution < -0.4 is 11.1 Å². The highest BCUT2D eigenvalue weighted by Gasteiger charge is 2.18. The minimum Gasteiger partial charge on any atom is -0.397 e. The van der Waals surface area contributed by atoms with Gasteiger partial charge in [-0.2, -0.15) is 0 Å². The van der Waals surface area contributed by atoms with E-state index in [1.54, 1.807) is 13.0 Å². The third-order valence-electron chi connectivity index (χ3n) is 4.99. The molecular formula is C20H24N6O. The van der Waals surface area contributed by atoms with Crippen LogP contribution in [0.1, 0.15) is 19.8 Å². The standard InChI is InChI=1S/C20H24N6O/c1-14-12-16(15(21)13-18(14)27)23-19-17-6-2-3-10-26(17)24-20(19)22-7-11-25-8-4-5-9-25/h2-3,6,10,12-13H,4-5,7-9,11,21H2,1H3,(H,22,24)/b23-16+. The van der Waals surface area contributed by atoms with Gasteiger partial charge in [0.2, 0.25) is 0 Å². The summed E-state index contributed by atoms with van der Waals surface area (Å²) in [7, 11) is 0. The molecule has 3 heterocycles. The highest BCUT2D eigenvalue weighted by Crippen LogP contribution is 2.31. The number of likely N-dealkylation sites (tertiary alicyclic amines) is 1. The van der Waals surface area contributed by atoms with Crippen LogP contribution in [-0.4, -0.2) is 52.2 Å². The molecule has 3 N–H and O–H groups in total. The van der Waals surface area contributed by atoms with E-state index in [-0.39, 0.29) is 5.78 Å². The van der Waals surface area contributed by atoms with Crippen molar-refractivity contribution >= 4 is 28.5 Å². The van der Waals surface area contributed by atoms with Crippen molar-refractivity contribution in [2.24, 2.45) is 10.7 Å². The first-order valence-electron chi connectivity index (χ1n) is 9.34. The fourth-order valence-corrected chi connectivity index (χ4v) is 3.46. The summed E-state index contributed by atoms with van der Waals surface area (Å²) in [6, 6.07) is 5.87. The number of anilines is 1. The minimum absolute atomic E-state index is 0.0738. The Morgan fingerprint density at radius 1 is 1.26 bits per heavy atom. The predicted octanol–water partition coefficient (Wildman–Crippen LogP) is 2.29. The smallest absolute Gasteiger partial charge is 0.183 e. The highest BCUT2D eigenvalue weighted by molar-refractivity contribution is 6.22. The van der Waals surface area contributed by atoms with Gasteiger partial charge in [0.05, 0.1) is 16.9 Å². The van der Waals surface area contributed by atoms with Crippen LogP contribution in [0.4, 0.5) is 11.5 Å². The SMILES string of the molecule is CC1=C/C(=N\c2c(NCCN3CCCC3)nn3ccccc23)C(N)=CC1=O. The van der Waals surface area contributed by atoms with Gasteiger partial charge in [-0.15, -0.1) is 5.10 Å². The van der Waals surface area contributed by atoms with Crippen LogP contribution >= 0.6 is 0 Å². The molecule has 0 amide bonds. The Kier molecular flexibility index (Phi) is 4.77. The molecule has 7 heteroatoms. The molecule has 27 heavy (non-hydrogen) atoms. The molecule has 0 saturated carbocycles. The summed E-state index contributed by atoms with van der Waals surface area (Å²) in [6.45, 7) is 5.90. The zero-order chi connectivity index (χ0) is 18.8. The predicted molar refractivity (Wildman–Crippen MR) is 107 cm³/mol. The summed E-state index contributed by atoms with van der Waals surface area (Å²) in [5.41, 5.74) is 9.26. The molecule has 0 spiro atoms. The number of nitrogens with zero attached hydrogens (tertiary/aromatic N) is 4. The van der Waals surface area contributed by atoms with Crippen LogP contribution in [0.2, 0.25) is 0 Å². The van der Waals surface area contributed by atoms with Gasteiger partial charge in [0.1, 0.15) is 5.69 Å². The molecule has 1 saturated heterocycles. The third-order valence-corrected chi connectivity index (χ3v) is 4.99. The van der Waals surface area contributed by atoms with E-state index >= 15 is 0 Å². The Bertz CT molecular complexity index is 962. The first-order chi connectivity index (χ1) is 13.1. The average molecular weight is 364 g/mol. The van der Waals surface area contributed by atoms with Crippen molar-refractivity contribution in [3.05, 3.63) is 47.8 Å². The van der Waals surface area contributed by atoms with Crippen LogP contribution in [0.15, 0.2) is 52.8 Å². The van der Waals surface area contributed by atoms with Crippen LogP contribution in [0, 0.1) is 0 Å². The molecule has 0 unspecified atom stereocenters. The Hall–Kier alpha value is -2.93. The molecule has 1 aliphatic heterocycles. The number of carbonyl (C=O) groups excluding carboxylic acids is 1. The fourth-order valence-electron chi connectivity index (χ4n) is 3.46. The van der Waals surface area contributed by atoms with E-state index in [0.29, 0.717) is 17.0 Å². The van der Waals surface area contributed by atoms with Gasteiger partial charge in [0, 0.05) is 25.4 Å². The van der Waals surface area contributed by atoms with Gasteiger partial charge in [-0.25, -0.2) is 9.51 Å². The van der Waals surface area contributed by atoms with Crippen molar-refractivity contribution in [1.82, 2.24) is 14.5 Å². The van der Waals surface area contributed by atoms with Crippen LogP contribution in [-0.2, 0) is 4.79 Å². The zero-order valence-electron chi connectivity index (χ0n) is 15.5. The second-order valence-electron chi connectivity index (χ2n) is 6.99. The summed E-state index contributed by atoms with van der Waals surface area (Å²) in [5.74, 6) is 0.652. The van der Waals surface area contributed by atoms with Crippen molar-refractivity contribution in [2.75, 3.05) is 31.5 Å². The summed E-state index contributed by atoms with van der Waals surface area (Å²) in [5, 5.41) is 8.06. The van der Waals surface area contributed by atoms with Gasteiger partial charge in [0.15, 0.2) is 11.6 Å². The number of aromatic nitrogens is 2. The second-order valence-corrected chi connectivity index (χ2v) is 6.99. The number of hydrogen-bond donors (Lipinski definition) is 2. The molecule has 7 nitrogen and oxygen atoms in total. The number of aliphatic imine (C=N–C) groups is 1. The monoisotopic (exact) mass is 364 g/mol. The van der Waals surface area contributed by atoms with Crippen LogP contribution in [0.3, 0.4) is 0 Å². The summed E-state index contributed by atoms with van der Waals surface area (Å²) >= 11 is 0. The minimum atomic E-state index is -0.0738. The molecule has 0 bridgehead atoms. The molecule has 2 aliphatic rings. The van der Waals surface area contributed by atoms with E-state index in [0.717, 1.165) is 30.1 Å². The van der Waals surface area contributed by atoms with Crippen molar-refractivity contribution in [2.45, 2.75) is 19.8 Å². The lowest BCUT2D eigenvalue weighted by Crippen LogP contribution is -2.26. The number of rotatable bonds is 5. The average Bonchev–Trinajstić information content (AvgIpc) is 3.28. The number of nitrogens with one attached hydrogen (secondary N) is 1. The van der Waals surface area contributed by atoms with E-state index in [1.807, 2.05) is 28.9 Å². The van der Waals surface area contributed by atoms with E-state index in [2.05, 4.69) is 15.3 Å². The maximum atomic E-state index is 11.8. The van der Waals surface area contributed by atoms with E-state index < -0.39 is 0 Å². The fraction of sp³-hybridized carbons (Fsp3) is 0.350. The topological polar surface area (TPSA) is 88.0 Å². The van der Waals surface area contributed by atoms with Crippen molar-refractivity contribution in [3.8, 4) is 0 Å². The number of hydrogen-bond acceptors (Lipinski definition) is 6. The number of nitrogens with two attached hydrogens (primary N) is 1. The van der Waals surface area contributed by atoms with Gasteiger partial charge >= 0.3 is 0 Å². The molecule has 1 aliphatic carbocycles. The lowest BCUT2D eigenvalue weighted by molar-refractivity contribution is -0.111. The van der Waals surface area contributed by atoms with Crippen molar-refractivity contribution < 1.29 is 4.79 Å². The first-order valence-corrected chi connectivity index (χ1v) is 9.34. The Morgan fingerprint density at radius 2 is 2.07 bits per heavy atom. The maximum absolute atomic E-state index is 11.8. The van der Waals surface area contributed by atoms with Crippen LogP contribution in [0.5, 0.6) is 0 Å². The number of ketones is 1. The first kappa shape index (κ1) is 17.5. The van der Waals surface area contributed by atoms with Gasteiger partial charge in [-0.3, -0.25) is 4.79 Å². The number of fused-ring (bicyclic) bond motifs is 1.